The van der Waals surface area contributed by atoms with Crippen LogP contribution >= 0.6 is 27.3 Å². The molecule has 3 rings (SSSR count). The molecule has 2 aromatic heterocycles. The number of rotatable bonds is 2. The first-order valence-electron chi connectivity index (χ1n) is 4.77. The Bertz CT molecular complexity index is 498. The summed E-state index contributed by atoms with van der Waals surface area (Å²) >= 11 is 5.14. The van der Waals surface area contributed by atoms with Gasteiger partial charge in [-0.3, -0.25) is 0 Å². The van der Waals surface area contributed by atoms with E-state index in [2.05, 4.69) is 32.0 Å². The maximum Gasteiger partial charge on any atom is 0.126 e. The van der Waals surface area contributed by atoms with Gasteiger partial charge in [0.1, 0.15) is 5.82 Å². The molecular weight excluding hydrogens is 274 g/mol. The molecule has 78 valence electrons. The van der Waals surface area contributed by atoms with E-state index in [1.54, 1.807) is 11.3 Å². The number of nitrogens with one attached hydrogen (secondary N) is 1. The maximum absolute atomic E-state index is 6.06. The fourth-order valence-electron chi connectivity index (χ4n) is 1.53. The van der Waals surface area contributed by atoms with E-state index in [1.807, 2.05) is 12.3 Å². The number of aromatic nitrogens is 2. The number of imidazole rings is 1. The molecular formula is C10H10BrN3S. The van der Waals surface area contributed by atoms with Crippen LogP contribution in [-0.4, -0.2) is 9.97 Å². The highest BCUT2D eigenvalue weighted by molar-refractivity contribution is 9.11. The highest BCUT2D eigenvalue weighted by atomic mass is 79.9. The Morgan fingerprint density at radius 1 is 1.47 bits per heavy atom. The number of halogens is 1. The number of aromatic amines is 1. The van der Waals surface area contributed by atoms with Crippen molar-refractivity contribution in [3.05, 3.63) is 27.9 Å². The van der Waals surface area contributed by atoms with Crippen LogP contribution in [0.1, 0.15) is 18.7 Å². The van der Waals surface area contributed by atoms with Crippen molar-refractivity contribution >= 4 is 27.3 Å². The molecule has 0 aromatic carbocycles. The second kappa shape index (κ2) is 3.17. The van der Waals surface area contributed by atoms with E-state index in [9.17, 15) is 0 Å². The zero-order chi connectivity index (χ0) is 10.5. The molecule has 3 N–H and O–H groups in total. The number of hydrogen-bond donors (Lipinski definition) is 2. The third kappa shape index (κ3) is 1.64. The summed E-state index contributed by atoms with van der Waals surface area (Å²) in [5.74, 6) is 0.919. The van der Waals surface area contributed by atoms with E-state index in [1.165, 1.54) is 4.88 Å². The van der Waals surface area contributed by atoms with Gasteiger partial charge in [0.05, 0.1) is 26.1 Å². The number of thiophene rings is 1. The summed E-state index contributed by atoms with van der Waals surface area (Å²) < 4.78 is 1.13. The quantitative estimate of drug-likeness (QED) is 0.891. The normalized spacial score (nSPS) is 18.0. The van der Waals surface area contributed by atoms with E-state index in [4.69, 9.17) is 5.73 Å². The highest BCUT2D eigenvalue weighted by Crippen LogP contribution is 2.42. The average molecular weight is 284 g/mol. The number of nitrogens with zero attached hydrogens (tertiary/aromatic N) is 1. The van der Waals surface area contributed by atoms with Crippen LogP contribution < -0.4 is 5.73 Å². The van der Waals surface area contributed by atoms with Crippen LogP contribution in [0.15, 0.2) is 22.1 Å². The zero-order valence-corrected chi connectivity index (χ0v) is 10.4. The minimum Gasteiger partial charge on any atom is -0.340 e. The van der Waals surface area contributed by atoms with E-state index >= 15 is 0 Å². The third-order valence-corrected chi connectivity index (χ3v) is 4.33. The van der Waals surface area contributed by atoms with Crippen molar-refractivity contribution in [3.63, 3.8) is 0 Å². The van der Waals surface area contributed by atoms with Crippen molar-refractivity contribution in [2.45, 2.75) is 18.4 Å². The van der Waals surface area contributed by atoms with Crippen LogP contribution in [0.4, 0.5) is 0 Å². The van der Waals surface area contributed by atoms with E-state index in [0.717, 1.165) is 28.1 Å². The monoisotopic (exact) mass is 283 g/mol. The Labute approximate surface area is 99.9 Å². The van der Waals surface area contributed by atoms with Crippen LogP contribution in [0, 0.1) is 0 Å². The second-order valence-corrected chi connectivity index (χ2v) is 6.37. The molecule has 1 aliphatic carbocycles. The van der Waals surface area contributed by atoms with Crippen molar-refractivity contribution in [2.75, 3.05) is 0 Å². The first kappa shape index (κ1) is 9.57. The van der Waals surface area contributed by atoms with Gasteiger partial charge in [0.2, 0.25) is 0 Å². The van der Waals surface area contributed by atoms with Gasteiger partial charge in [0.25, 0.3) is 0 Å². The summed E-state index contributed by atoms with van der Waals surface area (Å²) in [5.41, 5.74) is 6.94. The van der Waals surface area contributed by atoms with Gasteiger partial charge in [0, 0.05) is 0 Å². The van der Waals surface area contributed by atoms with Gasteiger partial charge in [-0.05, 0) is 40.9 Å². The van der Waals surface area contributed by atoms with Gasteiger partial charge in [0.15, 0.2) is 0 Å². The summed E-state index contributed by atoms with van der Waals surface area (Å²) in [5, 5.41) is 0. The molecule has 1 fully saturated rings. The molecule has 0 atom stereocenters. The van der Waals surface area contributed by atoms with Gasteiger partial charge >= 0.3 is 0 Å². The molecule has 0 bridgehead atoms. The lowest BCUT2D eigenvalue weighted by molar-refractivity contribution is 0.685. The van der Waals surface area contributed by atoms with Gasteiger partial charge in [-0.25, -0.2) is 4.98 Å². The van der Waals surface area contributed by atoms with Gasteiger partial charge < -0.3 is 10.7 Å². The highest BCUT2D eigenvalue weighted by Gasteiger charge is 2.42. The van der Waals surface area contributed by atoms with Crippen LogP contribution in [0.3, 0.4) is 0 Å². The lowest BCUT2D eigenvalue weighted by Crippen LogP contribution is -2.20. The topological polar surface area (TPSA) is 54.7 Å². The second-order valence-electron chi connectivity index (χ2n) is 3.91. The molecule has 2 heterocycles. The van der Waals surface area contributed by atoms with Crippen LogP contribution in [0.2, 0.25) is 0 Å². The van der Waals surface area contributed by atoms with E-state index < -0.39 is 0 Å². The standard InChI is InChI=1S/C10H10BrN3S/c11-8-2-1-7(15-8)6-5-13-9(14-6)10(12)3-4-10/h1-2,5H,3-4,12H2,(H,13,14). The van der Waals surface area contributed by atoms with Gasteiger partial charge in [-0.15, -0.1) is 11.3 Å². The molecule has 1 aliphatic rings. The molecule has 0 amide bonds. The SMILES string of the molecule is NC1(c2ncc(-c3ccc(Br)s3)[nH]2)CC1. The Morgan fingerprint density at radius 2 is 2.27 bits per heavy atom. The molecule has 5 heteroatoms. The van der Waals surface area contributed by atoms with Crippen LogP contribution in [-0.2, 0) is 5.54 Å². The minimum absolute atomic E-state index is 0.174. The van der Waals surface area contributed by atoms with Gasteiger partial charge in [-0.1, -0.05) is 0 Å². The number of nitrogens with two attached hydrogens (primary N) is 1. The Morgan fingerprint density at radius 3 is 2.87 bits per heavy atom. The number of H-pyrrole nitrogens is 1. The van der Waals surface area contributed by atoms with Crippen molar-refractivity contribution in [2.24, 2.45) is 5.73 Å². The largest absolute Gasteiger partial charge is 0.340 e. The summed E-state index contributed by atoms with van der Waals surface area (Å²) in [4.78, 5) is 8.83. The molecule has 0 unspecified atom stereocenters. The molecule has 1 saturated carbocycles. The van der Waals surface area contributed by atoms with Crippen molar-refractivity contribution in [1.82, 2.24) is 9.97 Å². The molecule has 15 heavy (non-hydrogen) atoms. The predicted molar refractivity (Wildman–Crippen MR) is 64.7 cm³/mol. The summed E-state index contributed by atoms with van der Waals surface area (Å²) in [6.45, 7) is 0. The van der Waals surface area contributed by atoms with E-state index in [0.29, 0.717) is 0 Å². The summed E-state index contributed by atoms with van der Waals surface area (Å²) in [6, 6.07) is 4.11. The fourth-order valence-corrected chi connectivity index (χ4v) is 2.88. The van der Waals surface area contributed by atoms with E-state index in [-0.39, 0.29) is 5.54 Å². The Hall–Kier alpha value is -0.650. The van der Waals surface area contributed by atoms with Crippen LogP contribution in [0.25, 0.3) is 10.6 Å². The smallest absolute Gasteiger partial charge is 0.126 e. The zero-order valence-electron chi connectivity index (χ0n) is 7.96. The van der Waals surface area contributed by atoms with Gasteiger partial charge in [-0.2, -0.15) is 0 Å². The minimum atomic E-state index is -0.174. The Balaban J connectivity index is 1.97. The van der Waals surface area contributed by atoms with Crippen molar-refractivity contribution in [3.8, 4) is 10.6 Å². The average Bonchev–Trinajstić information content (AvgIpc) is 2.72. The van der Waals surface area contributed by atoms with Crippen molar-refractivity contribution < 1.29 is 0 Å². The summed E-state index contributed by atoms with van der Waals surface area (Å²) in [7, 11) is 0. The summed E-state index contributed by atoms with van der Waals surface area (Å²) in [6.07, 6.45) is 3.93. The molecule has 0 spiro atoms. The lowest BCUT2D eigenvalue weighted by Gasteiger charge is -2.02. The Kier molecular flexibility index (Phi) is 2.02. The molecule has 0 radical (unpaired) electrons. The van der Waals surface area contributed by atoms with Crippen LogP contribution in [0.5, 0.6) is 0 Å². The fraction of sp³-hybridized carbons (Fsp3) is 0.300. The molecule has 0 saturated heterocycles. The predicted octanol–water partition coefficient (Wildman–Crippen LogP) is 2.85. The van der Waals surface area contributed by atoms with Crippen molar-refractivity contribution in [1.29, 1.82) is 0 Å². The number of hydrogen-bond acceptors (Lipinski definition) is 3. The molecule has 2 aromatic rings. The third-order valence-electron chi connectivity index (χ3n) is 2.67. The lowest BCUT2D eigenvalue weighted by atomic mass is 10.3. The molecule has 3 nitrogen and oxygen atoms in total. The first-order chi connectivity index (χ1) is 7.17. The maximum atomic E-state index is 6.06. The molecule has 0 aliphatic heterocycles. The first-order valence-corrected chi connectivity index (χ1v) is 6.38.